The molecule has 0 aliphatic carbocycles. The van der Waals surface area contributed by atoms with Crippen LogP contribution in [0.15, 0.2) is 24.3 Å². The third-order valence-electron chi connectivity index (χ3n) is 3.45. The number of nitriles is 1. The van der Waals surface area contributed by atoms with E-state index in [9.17, 15) is 5.11 Å². The number of para-hydroxylation sites is 1. The third-order valence-corrected chi connectivity index (χ3v) is 3.45. The van der Waals surface area contributed by atoms with Crippen molar-refractivity contribution in [2.75, 3.05) is 11.4 Å². The monoisotopic (exact) mass is 216 g/mol. The Morgan fingerprint density at radius 2 is 2.12 bits per heavy atom. The average Bonchev–Trinajstić information content (AvgIpc) is 2.54. The molecule has 1 aromatic rings. The van der Waals surface area contributed by atoms with Crippen molar-refractivity contribution in [2.24, 2.45) is 0 Å². The Labute approximate surface area is 95.9 Å². The zero-order valence-corrected chi connectivity index (χ0v) is 9.64. The molecule has 1 saturated heterocycles. The molecule has 1 heterocycles. The number of aliphatic hydroxyl groups is 1. The molecule has 0 spiro atoms. The van der Waals surface area contributed by atoms with Crippen molar-refractivity contribution in [3.8, 4) is 6.07 Å². The molecule has 1 aromatic carbocycles. The highest BCUT2D eigenvalue weighted by Gasteiger charge is 2.40. The molecule has 1 unspecified atom stereocenters. The van der Waals surface area contributed by atoms with Gasteiger partial charge in [-0.1, -0.05) is 12.1 Å². The summed E-state index contributed by atoms with van der Waals surface area (Å²) in [5.74, 6) is 0. The maximum Gasteiger partial charge on any atom is 0.101 e. The molecule has 3 nitrogen and oxygen atoms in total. The van der Waals surface area contributed by atoms with Gasteiger partial charge in [-0.25, -0.2) is 0 Å². The van der Waals surface area contributed by atoms with Crippen molar-refractivity contribution < 1.29 is 5.11 Å². The summed E-state index contributed by atoms with van der Waals surface area (Å²) in [5, 5.41) is 19.0. The lowest BCUT2D eigenvalue weighted by molar-refractivity contribution is 0.127. The van der Waals surface area contributed by atoms with Crippen molar-refractivity contribution in [1.29, 1.82) is 5.26 Å². The summed E-state index contributed by atoms with van der Waals surface area (Å²) in [4.78, 5) is 2.12. The minimum absolute atomic E-state index is 0.299. The molecular formula is C13H16N2O. The summed E-state index contributed by atoms with van der Waals surface area (Å²) in [6, 6.07) is 9.75. The second-order valence-electron chi connectivity index (χ2n) is 4.74. The number of aliphatic hydroxyl groups excluding tert-OH is 1. The summed E-state index contributed by atoms with van der Waals surface area (Å²) in [6.07, 6.45) is 0.423. The van der Waals surface area contributed by atoms with E-state index in [4.69, 9.17) is 5.26 Å². The van der Waals surface area contributed by atoms with Gasteiger partial charge in [-0.2, -0.15) is 5.26 Å². The average molecular weight is 216 g/mol. The van der Waals surface area contributed by atoms with Gasteiger partial charge in [0.05, 0.1) is 22.9 Å². The van der Waals surface area contributed by atoms with Gasteiger partial charge in [-0.15, -0.1) is 0 Å². The van der Waals surface area contributed by atoms with Gasteiger partial charge in [0.15, 0.2) is 0 Å². The second kappa shape index (κ2) is 3.80. The fraction of sp³-hybridized carbons (Fsp3) is 0.462. The first-order valence-corrected chi connectivity index (χ1v) is 5.52. The summed E-state index contributed by atoms with van der Waals surface area (Å²) in [7, 11) is 0. The number of benzene rings is 1. The second-order valence-corrected chi connectivity index (χ2v) is 4.74. The SMILES string of the molecule is CC1(C)C(O)CCN1c1ccccc1C#N. The minimum Gasteiger partial charge on any atom is -0.391 e. The zero-order valence-electron chi connectivity index (χ0n) is 9.64. The van der Waals surface area contributed by atoms with Gasteiger partial charge in [0.2, 0.25) is 0 Å². The van der Waals surface area contributed by atoms with Gasteiger partial charge in [-0.3, -0.25) is 0 Å². The lowest BCUT2D eigenvalue weighted by Crippen LogP contribution is -2.45. The van der Waals surface area contributed by atoms with Crippen molar-refractivity contribution in [2.45, 2.75) is 31.9 Å². The van der Waals surface area contributed by atoms with E-state index in [2.05, 4.69) is 11.0 Å². The van der Waals surface area contributed by atoms with Crippen molar-refractivity contribution in [1.82, 2.24) is 0 Å². The molecule has 2 rings (SSSR count). The van der Waals surface area contributed by atoms with Crippen LogP contribution in [0.2, 0.25) is 0 Å². The van der Waals surface area contributed by atoms with E-state index in [1.165, 1.54) is 0 Å². The van der Waals surface area contributed by atoms with Crippen LogP contribution in [0.25, 0.3) is 0 Å². The van der Waals surface area contributed by atoms with Crippen LogP contribution in [-0.4, -0.2) is 23.3 Å². The van der Waals surface area contributed by atoms with E-state index in [1.807, 2.05) is 38.1 Å². The molecule has 1 aliphatic rings. The van der Waals surface area contributed by atoms with Gasteiger partial charge < -0.3 is 10.0 Å². The number of rotatable bonds is 1. The molecule has 1 fully saturated rings. The Hall–Kier alpha value is -1.53. The molecular weight excluding hydrogens is 200 g/mol. The van der Waals surface area contributed by atoms with Crippen LogP contribution >= 0.6 is 0 Å². The maximum absolute atomic E-state index is 9.93. The highest BCUT2D eigenvalue weighted by Crippen LogP contribution is 2.35. The standard InChI is InChI=1S/C13H16N2O/c1-13(2)12(16)7-8-15(13)11-6-4-3-5-10(11)9-14/h3-6,12,16H,7-8H2,1-2H3. The van der Waals surface area contributed by atoms with Crippen molar-refractivity contribution in [3.05, 3.63) is 29.8 Å². The van der Waals surface area contributed by atoms with E-state index in [1.54, 1.807) is 0 Å². The molecule has 1 aliphatic heterocycles. The minimum atomic E-state index is -0.334. The highest BCUT2D eigenvalue weighted by molar-refractivity contribution is 5.61. The zero-order chi connectivity index (χ0) is 11.8. The summed E-state index contributed by atoms with van der Waals surface area (Å²) < 4.78 is 0. The normalized spacial score (nSPS) is 23.1. The molecule has 3 heteroatoms. The van der Waals surface area contributed by atoms with E-state index >= 15 is 0 Å². The topological polar surface area (TPSA) is 47.3 Å². The van der Waals surface area contributed by atoms with Crippen molar-refractivity contribution >= 4 is 5.69 Å². The van der Waals surface area contributed by atoms with E-state index in [-0.39, 0.29) is 11.6 Å². The maximum atomic E-state index is 9.93. The Bertz CT molecular complexity index is 434. The van der Waals surface area contributed by atoms with Gasteiger partial charge in [-0.05, 0) is 32.4 Å². The highest BCUT2D eigenvalue weighted by atomic mass is 16.3. The fourth-order valence-corrected chi connectivity index (χ4v) is 2.31. The van der Waals surface area contributed by atoms with Crippen LogP contribution in [0.3, 0.4) is 0 Å². The smallest absolute Gasteiger partial charge is 0.101 e. The first kappa shape index (κ1) is 11.0. The predicted octanol–water partition coefficient (Wildman–Crippen LogP) is 1.91. The Morgan fingerprint density at radius 3 is 2.69 bits per heavy atom. The van der Waals surface area contributed by atoms with Crippen molar-refractivity contribution in [3.63, 3.8) is 0 Å². The van der Waals surface area contributed by atoms with E-state index in [0.717, 1.165) is 18.7 Å². The lowest BCUT2D eigenvalue weighted by atomic mass is 9.97. The van der Waals surface area contributed by atoms with Crippen LogP contribution in [-0.2, 0) is 0 Å². The van der Waals surface area contributed by atoms with Gasteiger partial charge >= 0.3 is 0 Å². The fourth-order valence-electron chi connectivity index (χ4n) is 2.31. The van der Waals surface area contributed by atoms with Crippen LogP contribution < -0.4 is 4.90 Å². The molecule has 0 radical (unpaired) electrons. The number of anilines is 1. The molecule has 1 N–H and O–H groups in total. The molecule has 0 aromatic heterocycles. The van der Waals surface area contributed by atoms with Crippen LogP contribution in [0.5, 0.6) is 0 Å². The predicted molar refractivity (Wildman–Crippen MR) is 63.2 cm³/mol. The summed E-state index contributed by atoms with van der Waals surface area (Å²) in [6.45, 7) is 4.82. The van der Waals surface area contributed by atoms with Crippen LogP contribution in [0, 0.1) is 11.3 Å². The van der Waals surface area contributed by atoms with E-state index < -0.39 is 0 Å². The number of hydrogen-bond donors (Lipinski definition) is 1. The lowest BCUT2D eigenvalue weighted by Gasteiger charge is -2.36. The Morgan fingerprint density at radius 1 is 1.44 bits per heavy atom. The quantitative estimate of drug-likeness (QED) is 0.780. The largest absolute Gasteiger partial charge is 0.391 e. The molecule has 0 amide bonds. The Balaban J connectivity index is 2.43. The van der Waals surface area contributed by atoms with Crippen LogP contribution in [0.1, 0.15) is 25.8 Å². The molecule has 16 heavy (non-hydrogen) atoms. The van der Waals surface area contributed by atoms with Gasteiger partial charge in [0.1, 0.15) is 6.07 Å². The third kappa shape index (κ3) is 1.56. The molecule has 1 atom stereocenters. The van der Waals surface area contributed by atoms with E-state index in [0.29, 0.717) is 5.56 Å². The number of nitrogens with zero attached hydrogens (tertiary/aromatic N) is 2. The van der Waals surface area contributed by atoms with Gasteiger partial charge in [0.25, 0.3) is 0 Å². The molecule has 0 saturated carbocycles. The molecule has 84 valence electrons. The first-order valence-electron chi connectivity index (χ1n) is 5.52. The summed E-state index contributed by atoms with van der Waals surface area (Å²) >= 11 is 0. The van der Waals surface area contributed by atoms with Crippen LogP contribution in [0.4, 0.5) is 5.69 Å². The number of hydrogen-bond acceptors (Lipinski definition) is 3. The molecule has 0 bridgehead atoms. The summed E-state index contributed by atoms with van der Waals surface area (Å²) in [5.41, 5.74) is 1.30. The van der Waals surface area contributed by atoms with Gasteiger partial charge in [0, 0.05) is 6.54 Å². The Kier molecular flexibility index (Phi) is 2.61. The first-order chi connectivity index (χ1) is 7.57.